The van der Waals surface area contributed by atoms with Crippen LogP contribution in [0.5, 0.6) is 5.75 Å². The van der Waals surface area contributed by atoms with E-state index in [0.29, 0.717) is 18.0 Å². The molecule has 3 amide bonds. The molecule has 3 rings (SSSR count). The summed E-state index contributed by atoms with van der Waals surface area (Å²) in [5.41, 5.74) is 2.70. The number of ether oxygens (including phenoxy) is 1. The van der Waals surface area contributed by atoms with E-state index < -0.39 is 0 Å². The van der Waals surface area contributed by atoms with Gasteiger partial charge in [0.2, 0.25) is 0 Å². The van der Waals surface area contributed by atoms with Gasteiger partial charge in [-0.2, -0.15) is 0 Å². The standard InChI is InChI=1S/C17H19N3O3S/c1-10-5-6-24-15(10)8-18-17(22)19-11(2)12-3-4-14-13(7-12)20-16(21)9-23-14/h3-7,11H,8-9H2,1-2H3,(H,20,21)(H2,18,19,22)/t11-/m1/s1. The zero-order chi connectivity index (χ0) is 17.1. The number of aryl methyl sites for hydroxylation is 1. The lowest BCUT2D eigenvalue weighted by molar-refractivity contribution is -0.118. The Bertz CT molecular complexity index is 772. The zero-order valence-corrected chi connectivity index (χ0v) is 14.3. The van der Waals surface area contributed by atoms with Gasteiger partial charge in [0.25, 0.3) is 5.91 Å². The molecule has 1 aliphatic heterocycles. The third kappa shape index (κ3) is 3.68. The van der Waals surface area contributed by atoms with Crippen molar-refractivity contribution in [1.29, 1.82) is 0 Å². The van der Waals surface area contributed by atoms with Crippen LogP contribution in [0.1, 0.15) is 29.0 Å². The maximum atomic E-state index is 12.1. The van der Waals surface area contributed by atoms with Gasteiger partial charge < -0.3 is 20.7 Å². The van der Waals surface area contributed by atoms with E-state index in [-0.39, 0.29) is 24.6 Å². The highest BCUT2D eigenvalue weighted by molar-refractivity contribution is 7.10. The van der Waals surface area contributed by atoms with Crippen LogP contribution in [-0.2, 0) is 11.3 Å². The molecule has 0 saturated carbocycles. The molecule has 24 heavy (non-hydrogen) atoms. The highest BCUT2D eigenvalue weighted by Gasteiger charge is 2.18. The van der Waals surface area contributed by atoms with Gasteiger partial charge in [0.05, 0.1) is 18.3 Å². The van der Waals surface area contributed by atoms with Crippen LogP contribution >= 0.6 is 11.3 Å². The number of fused-ring (bicyclic) bond motifs is 1. The number of thiophene rings is 1. The highest BCUT2D eigenvalue weighted by atomic mass is 32.1. The second kappa shape index (κ2) is 6.92. The van der Waals surface area contributed by atoms with Crippen molar-refractivity contribution in [3.05, 3.63) is 45.6 Å². The van der Waals surface area contributed by atoms with Gasteiger partial charge in [-0.15, -0.1) is 11.3 Å². The summed E-state index contributed by atoms with van der Waals surface area (Å²) in [6.07, 6.45) is 0. The summed E-state index contributed by atoms with van der Waals surface area (Å²) < 4.78 is 5.33. The highest BCUT2D eigenvalue weighted by Crippen LogP contribution is 2.30. The lowest BCUT2D eigenvalue weighted by Gasteiger charge is -2.21. The number of anilines is 1. The fraction of sp³-hybridized carbons (Fsp3) is 0.294. The molecule has 0 saturated heterocycles. The number of rotatable bonds is 4. The molecule has 3 N–H and O–H groups in total. The Hall–Kier alpha value is -2.54. The van der Waals surface area contributed by atoms with E-state index >= 15 is 0 Å². The average molecular weight is 345 g/mol. The van der Waals surface area contributed by atoms with Gasteiger partial charge >= 0.3 is 6.03 Å². The van der Waals surface area contributed by atoms with E-state index in [1.807, 2.05) is 37.4 Å². The first-order valence-corrected chi connectivity index (χ1v) is 8.55. The van der Waals surface area contributed by atoms with Gasteiger partial charge in [0, 0.05) is 4.88 Å². The Morgan fingerprint density at radius 1 is 1.42 bits per heavy atom. The predicted molar refractivity (Wildman–Crippen MR) is 93.4 cm³/mol. The van der Waals surface area contributed by atoms with Crippen LogP contribution in [0.25, 0.3) is 0 Å². The Morgan fingerprint density at radius 2 is 2.25 bits per heavy atom. The molecule has 0 spiro atoms. The maximum Gasteiger partial charge on any atom is 0.315 e. The third-order valence-electron chi connectivity index (χ3n) is 3.86. The Balaban J connectivity index is 1.59. The number of hydrogen-bond donors (Lipinski definition) is 3. The first-order chi connectivity index (χ1) is 11.5. The monoisotopic (exact) mass is 345 g/mol. The maximum absolute atomic E-state index is 12.1. The van der Waals surface area contributed by atoms with Crippen molar-refractivity contribution in [3.8, 4) is 5.75 Å². The lowest BCUT2D eigenvalue weighted by atomic mass is 10.1. The molecule has 0 fully saturated rings. The molecular formula is C17H19N3O3S. The second-order valence-electron chi connectivity index (χ2n) is 5.67. The molecule has 2 heterocycles. The Kier molecular flexibility index (Phi) is 4.71. The molecule has 1 aromatic heterocycles. The van der Waals surface area contributed by atoms with Crippen molar-refractivity contribution in [2.75, 3.05) is 11.9 Å². The molecule has 1 atom stereocenters. The van der Waals surface area contributed by atoms with E-state index in [1.165, 1.54) is 5.56 Å². The first kappa shape index (κ1) is 16.3. The molecule has 0 bridgehead atoms. The van der Waals surface area contributed by atoms with Crippen LogP contribution in [0.2, 0.25) is 0 Å². The molecule has 0 radical (unpaired) electrons. The van der Waals surface area contributed by atoms with E-state index in [2.05, 4.69) is 16.0 Å². The number of amides is 3. The van der Waals surface area contributed by atoms with Gasteiger partial charge in [-0.3, -0.25) is 4.79 Å². The molecule has 126 valence electrons. The van der Waals surface area contributed by atoms with Crippen LogP contribution in [0.4, 0.5) is 10.5 Å². The topological polar surface area (TPSA) is 79.5 Å². The quantitative estimate of drug-likeness (QED) is 0.797. The largest absolute Gasteiger partial charge is 0.482 e. The predicted octanol–water partition coefficient (Wildman–Crippen LogP) is 2.95. The van der Waals surface area contributed by atoms with Crippen molar-refractivity contribution >= 4 is 29.0 Å². The third-order valence-corrected chi connectivity index (χ3v) is 4.88. The summed E-state index contributed by atoms with van der Waals surface area (Å²) in [6.45, 7) is 4.46. The number of benzene rings is 1. The minimum absolute atomic E-state index is 0.0324. The summed E-state index contributed by atoms with van der Waals surface area (Å²) in [5.74, 6) is 0.465. The summed E-state index contributed by atoms with van der Waals surface area (Å²) >= 11 is 1.63. The smallest absolute Gasteiger partial charge is 0.315 e. The fourth-order valence-corrected chi connectivity index (χ4v) is 3.29. The molecule has 0 unspecified atom stereocenters. The van der Waals surface area contributed by atoms with E-state index in [0.717, 1.165) is 10.4 Å². The zero-order valence-electron chi connectivity index (χ0n) is 13.5. The number of carbonyl (C=O) groups is 2. The summed E-state index contributed by atoms with van der Waals surface area (Å²) in [4.78, 5) is 24.6. The summed E-state index contributed by atoms with van der Waals surface area (Å²) in [5, 5.41) is 10.5. The van der Waals surface area contributed by atoms with Gasteiger partial charge in [-0.1, -0.05) is 6.07 Å². The molecule has 0 aliphatic carbocycles. The Morgan fingerprint density at radius 3 is 3.00 bits per heavy atom. The van der Waals surface area contributed by atoms with Crippen molar-refractivity contribution in [2.45, 2.75) is 26.4 Å². The second-order valence-corrected chi connectivity index (χ2v) is 6.67. The number of carbonyl (C=O) groups excluding carboxylic acids is 2. The average Bonchev–Trinajstić information content (AvgIpc) is 2.97. The Labute approximate surface area is 144 Å². The van der Waals surface area contributed by atoms with Crippen molar-refractivity contribution < 1.29 is 14.3 Å². The molecule has 1 aliphatic rings. The van der Waals surface area contributed by atoms with Gasteiger partial charge in [-0.05, 0) is 48.6 Å². The number of hydrogen-bond acceptors (Lipinski definition) is 4. The SMILES string of the molecule is Cc1ccsc1CNC(=O)N[C@H](C)c1ccc2c(c1)NC(=O)CO2. The van der Waals surface area contributed by atoms with E-state index in [9.17, 15) is 9.59 Å². The van der Waals surface area contributed by atoms with E-state index in [1.54, 1.807) is 17.4 Å². The molecular weight excluding hydrogens is 326 g/mol. The number of nitrogens with one attached hydrogen (secondary N) is 3. The van der Waals surface area contributed by atoms with Crippen LogP contribution in [0, 0.1) is 6.92 Å². The molecule has 2 aromatic rings. The summed E-state index contributed by atoms with van der Waals surface area (Å²) in [7, 11) is 0. The normalized spacial score (nSPS) is 14.2. The van der Waals surface area contributed by atoms with E-state index in [4.69, 9.17) is 4.74 Å². The summed E-state index contributed by atoms with van der Waals surface area (Å²) in [6, 6.07) is 7.11. The minimum Gasteiger partial charge on any atom is -0.482 e. The first-order valence-electron chi connectivity index (χ1n) is 7.67. The van der Waals surface area contributed by atoms with Gasteiger partial charge in [0.15, 0.2) is 6.61 Å². The lowest BCUT2D eigenvalue weighted by Crippen LogP contribution is -2.36. The van der Waals surface area contributed by atoms with Crippen molar-refractivity contribution in [1.82, 2.24) is 10.6 Å². The van der Waals surface area contributed by atoms with Crippen LogP contribution in [0.3, 0.4) is 0 Å². The number of urea groups is 1. The molecule has 6 nitrogen and oxygen atoms in total. The van der Waals surface area contributed by atoms with Crippen LogP contribution in [0.15, 0.2) is 29.6 Å². The fourth-order valence-electron chi connectivity index (χ4n) is 2.45. The van der Waals surface area contributed by atoms with Crippen molar-refractivity contribution in [2.24, 2.45) is 0 Å². The van der Waals surface area contributed by atoms with Crippen molar-refractivity contribution in [3.63, 3.8) is 0 Å². The van der Waals surface area contributed by atoms with Crippen LogP contribution in [-0.4, -0.2) is 18.5 Å². The van der Waals surface area contributed by atoms with Gasteiger partial charge in [-0.25, -0.2) is 4.79 Å². The molecule has 1 aromatic carbocycles. The minimum atomic E-state index is -0.228. The molecule has 7 heteroatoms. The van der Waals surface area contributed by atoms with Gasteiger partial charge in [0.1, 0.15) is 5.75 Å². The van der Waals surface area contributed by atoms with Crippen LogP contribution < -0.4 is 20.7 Å².